The average Bonchev–Trinajstić information content (AvgIpc) is 2.94. The Labute approximate surface area is 126 Å². The average molecular weight is 305 g/mol. The van der Waals surface area contributed by atoms with Crippen LogP contribution in [-0.2, 0) is 11.2 Å². The van der Waals surface area contributed by atoms with Gasteiger partial charge in [0.25, 0.3) is 0 Å². The lowest BCUT2D eigenvalue weighted by molar-refractivity contribution is -0.113. The molecule has 1 amide bonds. The summed E-state index contributed by atoms with van der Waals surface area (Å²) in [6, 6.07) is 10.6. The van der Waals surface area contributed by atoms with Gasteiger partial charge in [0.15, 0.2) is 5.09 Å². The Kier molecular flexibility index (Phi) is 5.05. The fourth-order valence-corrected chi connectivity index (χ4v) is 2.37. The lowest BCUT2D eigenvalue weighted by atomic mass is 10.1. The van der Waals surface area contributed by atoms with E-state index in [1.165, 1.54) is 6.07 Å². The van der Waals surface area contributed by atoms with Gasteiger partial charge in [-0.2, -0.15) is 0 Å². The normalized spacial score (nSPS) is 10.3. The number of hydrogen-bond donors (Lipinski definition) is 2. The summed E-state index contributed by atoms with van der Waals surface area (Å²) in [7, 11) is 0. The van der Waals surface area contributed by atoms with Crippen LogP contribution in [0.15, 0.2) is 45.9 Å². The molecule has 0 aliphatic heterocycles. The van der Waals surface area contributed by atoms with Crippen LogP contribution < -0.4 is 5.32 Å². The Morgan fingerprint density at radius 2 is 2.10 bits per heavy atom. The number of carboxylic acids is 1. The van der Waals surface area contributed by atoms with E-state index < -0.39 is 5.97 Å². The lowest BCUT2D eigenvalue weighted by Crippen LogP contribution is -2.13. The van der Waals surface area contributed by atoms with Gasteiger partial charge >= 0.3 is 5.97 Å². The molecule has 0 aliphatic rings. The molecule has 0 spiro atoms. The molecule has 6 heteroatoms. The molecule has 1 aromatic carbocycles. The van der Waals surface area contributed by atoms with Crippen LogP contribution in [0.4, 0.5) is 5.69 Å². The number of benzene rings is 1. The van der Waals surface area contributed by atoms with Crippen molar-refractivity contribution in [1.29, 1.82) is 0 Å². The minimum absolute atomic E-state index is 0.131. The first kappa shape index (κ1) is 15.2. The summed E-state index contributed by atoms with van der Waals surface area (Å²) in [4.78, 5) is 22.5. The second-order valence-electron chi connectivity index (χ2n) is 4.31. The first-order valence-electron chi connectivity index (χ1n) is 6.43. The van der Waals surface area contributed by atoms with Crippen LogP contribution in [0.3, 0.4) is 0 Å². The van der Waals surface area contributed by atoms with Crippen LogP contribution in [0.2, 0.25) is 0 Å². The highest BCUT2D eigenvalue weighted by Gasteiger charge is 2.11. The molecule has 0 saturated heterocycles. The van der Waals surface area contributed by atoms with E-state index in [4.69, 9.17) is 9.52 Å². The largest absolute Gasteiger partial charge is 0.475 e. The molecule has 2 aromatic rings. The summed E-state index contributed by atoms with van der Waals surface area (Å²) in [6.07, 6.45) is 0.906. The van der Waals surface area contributed by atoms with E-state index in [2.05, 4.69) is 5.32 Å². The number of carbonyl (C=O) groups excluding carboxylic acids is 1. The molecular weight excluding hydrogens is 290 g/mol. The molecule has 0 saturated carbocycles. The Morgan fingerprint density at radius 3 is 2.76 bits per heavy atom. The first-order valence-corrected chi connectivity index (χ1v) is 7.41. The molecule has 2 rings (SSSR count). The van der Waals surface area contributed by atoms with Crippen molar-refractivity contribution < 1.29 is 19.1 Å². The highest BCUT2D eigenvalue weighted by atomic mass is 32.2. The third kappa shape index (κ3) is 4.39. The minimum atomic E-state index is -1.12. The molecule has 21 heavy (non-hydrogen) atoms. The van der Waals surface area contributed by atoms with E-state index >= 15 is 0 Å². The van der Waals surface area contributed by atoms with Crippen LogP contribution in [0.1, 0.15) is 23.0 Å². The number of amides is 1. The topological polar surface area (TPSA) is 79.5 Å². The second-order valence-corrected chi connectivity index (χ2v) is 5.29. The summed E-state index contributed by atoms with van der Waals surface area (Å²) in [6.45, 7) is 2.05. The van der Waals surface area contributed by atoms with Gasteiger partial charge in [0.1, 0.15) is 0 Å². The van der Waals surface area contributed by atoms with Crippen molar-refractivity contribution in [2.45, 2.75) is 18.4 Å². The first-order chi connectivity index (χ1) is 10.1. The third-order valence-electron chi connectivity index (χ3n) is 2.76. The molecule has 0 unspecified atom stereocenters. The van der Waals surface area contributed by atoms with Crippen LogP contribution in [0.25, 0.3) is 0 Å². The molecule has 0 atom stereocenters. The Morgan fingerprint density at radius 1 is 1.29 bits per heavy atom. The molecular formula is C15H15NO4S. The van der Waals surface area contributed by atoms with Gasteiger partial charge in [0.2, 0.25) is 11.7 Å². The lowest BCUT2D eigenvalue weighted by Gasteiger charge is -2.05. The summed E-state index contributed by atoms with van der Waals surface area (Å²) in [5, 5.41) is 11.9. The quantitative estimate of drug-likeness (QED) is 0.801. The van der Waals surface area contributed by atoms with Crippen molar-refractivity contribution in [3.8, 4) is 0 Å². The molecule has 2 N–H and O–H groups in total. The summed E-state index contributed by atoms with van der Waals surface area (Å²) in [5.74, 6) is -1.26. The number of aryl methyl sites for hydroxylation is 1. The van der Waals surface area contributed by atoms with Crippen LogP contribution in [0.5, 0.6) is 0 Å². The SMILES string of the molecule is CCc1cccc(NC(=O)CSc2ccc(C(=O)O)o2)c1. The monoisotopic (exact) mass is 305 g/mol. The number of anilines is 1. The summed E-state index contributed by atoms with van der Waals surface area (Å²) >= 11 is 1.15. The molecule has 0 fully saturated rings. The van der Waals surface area contributed by atoms with Crippen molar-refractivity contribution >= 4 is 29.3 Å². The molecule has 0 aliphatic carbocycles. The Balaban J connectivity index is 1.87. The number of aromatic carboxylic acids is 1. The molecule has 110 valence electrons. The molecule has 1 aromatic heterocycles. The van der Waals surface area contributed by atoms with Crippen LogP contribution in [-0.4, -0.2) is 22.7 Å². The second kappa shape index (κ2) is 6.99. The molecule has 0 radical (unpaired) electrons. The maximum atomic E-state index is 11.8. The van der Waals surface area contributed by atoms with E-state index in [0.717, 1.165) is 29.4 Å². The van der Waals surface area contributed by atoms with Gasteiger partial charge in [-0.25, -0.2) is 4.79 Å². The van der Waals surface area contributed by atoms with Crippen molar-refractivity contribution in [3.63, 3.8) is 0 Å². The minimum Gasteiger partial charge on any atom is -0.475 e. The zero-order chi connectivity index (χ0) is 15.2. The van der Waals surface area contributed by atoms with Gasteiger partial charge in [-0.15, -0.1) is 0 Å². The fraction of sp³-hybridized carbons (Fsp3) is 0.200. The van der Waals surface area contributed by atoms with E-state index in [1.54, 1.807) is 6.07 Å². The van der Waals surface area contributed by atoms with Crippen molar-refractivity contribution in [2.75, 3.05) is 11.1 Å². The standard InChI is InChI=1S/C15H15NO4S/c1-2-10-4-3-5-11(8-10)16-13(17)9-21-14-7-6-12(20-14)15(18)19/h3-8H,2,9H2,1H3,(H,16,17)(H,18,19). The number of thioether (sulfide) groups is 1. The smallest absolute Gasteiger partial charge is 0.371 e. The van der Waals surface area contributed by atoms with E-state index in [9.17, 15) is 9.59 Å². The summed E-state index contributed by atoms with van der Waals surface area (Å²) < 4.78 is 5.07. The van der Waals surface area contributed by atoms with Gasteiger partial charge in [0.05, 0.1) is 5.75 Å². The maximum absolute atomic E-state index is 11.8. The van der Waals surface area contributed by atoms with Crippen molar-refractivity contribution in [2.24, 2.45) is 0 Å². The van der Waals surface area contributed by atoms with Crippen LogP contribution in [0, 0.1) is 0 Å². The molecule has 1 heterocycles. The van der Waals surface area contributed by atoms with E-state index in [1.807, 2.05) is 31.2 Å². The highest BCUT2D eigenvalue weighted by Crippen LogP contribution is 2.21. The third-order valence-corrected chi connectivity index (χ3v) is 3.67. The van der Waals surface area contributed by atoms with E-state index in [-0.39, 0.29) is 17.4 Å². The van der Waals surface area contributed by atoms with Gasteiger partial charge in [-0.1, -0.05) is 30.8 Å². The predicted octanol–water partition coefficient (Wildman–Crippen LogP) is 3.27. The highest BCUT2D eigenvalue weighted by molar-refractivity contribution is 7.99. The maximum Gasteiger partial charge on any atom is 0.371 e. The number of hydrogen-bond acceptors (Lipinski definition) is 4. The van der Waals surface area contributed by atoms with Gasteiger partial charge in [0, 0.05) is 5.69 Å². The van der Waals surface area contributed by atoms with Gasteiger partial charge in [-0.05, 0) is 36.2 Å². The number of carbonyl (C=O) groups is 2. The Hall–Kier alpha value is -2.21. The molecule has 0 bridgehead atoms. The zero-order valence-electron chi connectivity index (χ0n) is 11.5. The van der Waals surface area contributed by atoms with E-state index in [0.29, 0.717) is 5.09 Å². The fourth-order valence-electron chi connectivity index (χ4n) is 1.72. The van der Waals surface area contributed by atoms with Crippen molar-refractivity contribution in [3.05, 3.63) is 47.7 Å². The summed E-state index contributed by atoms with van der Waals surface area (Å²) in [5.41, 5.74) is 1.91. The number of rotatable bonds is 6. The van der Waals surface area contributed by atoms with Gasteiger partial charge < -0.3 is 14.8 Å². The number of nitrogens with one attached hydrogen (secondary N) is 1. The number of furan rings is 1. The van der Waals surface area contributed by atoms with Gasteiger partial charge in [-0.3, -0.25) is 4.79 Å². The van der Waals surface area contributed by atoms with Crippen molar-refractivity contribution in [1.82, 2.24) is 0 Å². The van der Waals surface area contributed by atoms with Crippen LogP contribution >= 0.6 is 11.8 Å². The Bertz CT molecular complexity index is 651. The zero-order valence-corrected chi connectivity index (χ0v) is 12.3. The predicted molar refractivity (Wildman–Crippen MR) is 80.8 cm³/mol. The number of carboxylic acid groups (broad SMARTS) is 1. The molecule has 5 nitrogen and oxygen atoms in total.